The number of hydrogen-bond acceptors (Lipinski definition) is 4. The van der Waals surface area contributed by atoms with E-state index >= 15 is 0 Å². The molecule has 0 amide bonds. The molecule has 0 bridgehead atoms. The van der Waals surface area contributed by atoms with Crippen LogP contribution in [-0.2, 0) is 9.84 Å². The largest absolute Gasteiger partial charge is 0.398 e. The Balaban J connectivity index is 1.97. The van der Waals surface area contributed by atoms with Crippen molar-refractivity contribution in [2.75, 3.05) is 31.1 Å². The van der Waals surface area contributed by atoms with Gasteiger partial charge in [0.1, 0.15) is 0 Å². The number of nitrogen functional groups attached to an aromatic ring is 1. The Hall–Kier alpha value is -0.780. The highest BCUT2D eigenvalue weighted by Crippen LogP contribution is 2.24. The van der Waals surface area contributed by atoms with Crippen molar-refractivity contribution in [2.45, 2.75) is 24.2 Å². The molecule has 0 spiro atoms. The van der Waals surface area contributed by atoms with E-state index in [0.29, 0.717) is 11.4 Å². The summed E-state index contributed by atoms with van der Waals surface area (Å²) in [5.41, 5.74) is 5.96. The monoisotopic (exact) mass is 302 g/mol. The van der Waals surface area contributed by atoms with Crippen LogP contribution in [0, 0.1) is 0 Å². The second-order valence-corrected chi connectivity index (χ2v) is 7.42. The molecule has 19 heavy (non-hydrogen) atoms. The van der Waals surface area contributed by atoms with Crippen molar-refractivity contribution in [1.29, 1.82) is 0 Å². The average molecular weight is 303 g/mol. The van der Waals surface area contributed by atoms with Crippen LogP contribution < -0.4 is 5.73 Å². The van der Waals surface area contributed by atoms with Crippen molar-refractivity contribution in [3.05, 3.63) is 23.2 Å². The Morgan fingerprint density at radius 2 is 1.95 bits per heavy atom. The second-order valence-electron chi connectivity index (χ2n) is 4.90. The lowest BCUT2D eigenvalue weighted by molar-refractivity contribution is 0.340. The van der Waals surface area contributed by atoms with Gasteiger partial charge in [0.25, 0.3) is 0 Å². The van der Waals surface area contributed by atoms with E-state index in [1.165, 1.54) is 25.0 Å². The first kappa shape index (κ1) is 14.6. The van der Waals surface area contributed by atoms with Gasteiger partial charge in [-0.05, 0) is 57.1 Å². The third-order valence-corrected chi connectivity index (χ3v) is 5.50. The quantitative estimate of drug-likeness (QED) is 0.847. The molecule has 1 aromatic carbocycles. The molecule has 0 unspecified atom stereocenters. The molecule has 2 rings (SSSR count). The predicted octanol–water partition coefficient (Wildman–Crippen LogP) is 2.18. The Morgan fingerprint density at radius 1 is 1.26 bits per heavy atom. The molecular formula is C13H19ClN2O2S. The van der Waals surface area contributed by atoms with Gasteiger partial charge in [-0.3, -0.25) is 0 Å². The fourth-order valence-electron chi connectivity index (χ4n) is 2.40. The molecule has 106 valence electrons. The molecule has 1 aromatic rings. The molecule has 1 saturated heterocycles. The third kappa shape index (κ3) is 3.84. The van der Waals surface area contributed by atoms with Crippen LogP contribution in [0.5, 0.6) is 0 Å². The fourth-order valence-corrected chi connectivity index (χ4v) is 4.00. The van der Waals surface area contributed by atoms with Gasteiger partial charge in [0.15, 0.2) is 9.84 Å². The normalized spacial score (nSPS) is 16.9. The lowest BCUT2D eigenvalue weighted by Gasteiger charge is -2.14. The van der Waals surface area contributed by atoms with Crippen LogP contribution in [0.2, 0.25) is 5.02 Å². The molecule has 0 aromatic heterocycles. The van der Waals surface area contributed by atoms with Gasteiger partial charge in [-0.2, -0.15) is 0 Å². The topological polar surface area (TPSA) is 63.4 Å². The Labute approximate surface area is 119 Å². The maximum absolute atomic E-state index is 12.2. The van der Waals surface area contributed by atoms with Gasteiger partial charge in [0, 0.05) is 5.02 Å². The summed E-state index contributed by atoms with van der Waals surface area (Å²) in [6.45, 7) is 3.01. The number of rotatable bonds is 5. The minimum absolute atomic E-state index is 0.134. The molecule has 0 saturated carbocycles. The summed E-state index contributed by atoms with van der Waals surface area (Å²) in [6, 6.07) is 4.53. The van der Waals surface area contributed by atoms with E-state index in [4.69, 9.17) is 17.3 Å². The van der Waals surface area contributed by atoms with E-state index < -0.39 is 9.84 Å². The van der Waals surface area contributed by atoms with Crippen LogP contribution >= 0.6 is 11.6 Å². The van der Waals surface area contributed by atoms with E-state index in [1.807, 2.05) is 0 Å². The van der Waals surface area contributed by atoms with Crippen molar-refractivity contribution < 1.29 is 8.42 Å². The van der Waals surface area contributed by atoms with Gasteiger partial charge in [-0.15, -0.1) is 0 Å². The SMILES string of the molecule is Nc1cc(Cl)ccc1S(=O)(=O)CCCN1CCCC1. The summed E-state index contributed by atoms with van der Waals surface area (Å²) in [7, 11) is -3.31. The number of sulfone groups is 1. The zero-order chi connectivity index (χ0) is 13.9. The summed E-state index contributed by atoms with van der Waals surface area (Å²) in [5, 5.41) is 0.452. The molecule has 2 N–H and O–H groups in total. The standard InChI is InChI=1S/C13H19ClN2O2S/c14-11-4-5-13(12(15)10-11)19(17,18)9-3-8-16-6-1-2-7-16/h4-5,10H,1-3,6-9,15H2. The summed E-state index contributed by atoms with van der Waals surface area (Å²) in [5.74, 6) is 0.134. The molecule has 1 heterocycles. The molecule has 1 fully saturated rings. The number of likely N-dealkylation sites (tertiary alicyclic amines) is 1. The number of halogens is 1. The molecular weight excluding hydrogens is 284 g/mol. The number of hydrogen-bond donors (Lipinski definition) is 1. The van der Waals surface area contributed by atoms with E-state index in [0.717, 1.165) is 19.6 Å². The van der Waals surface area contributed by atoms with Crippen LogP contribution in [0.4, 0.5) is 5.69 Å². The molecule has 0 aliphatic carbocycles. The number of anilines is 1. The maximum atomic E-state index is 12.2. The highest BCUT2D eigenvalue weighted by atomic mass is 35.5. The van der Waals surface area contributed by atoms with Gasteiger partial charge in [0.05, 0.1) is 16.3 Å². The van der Waals surface area contributed by atoms with Gasteiger partial charge < -0.3 is 10.6 Å². The molecule has 0 radical (unpaired) electrons. The van der Waals surface area contributed by atoms with E-state index in [9.17, 15) is 8.42 Å². The van der Waals surface area contributed by atoms with Crippen LogP contribution in [0.15, 0.2) is 23.1 Å². The van der Waals surface area contributed by atoms with Gasteiger partial charge in [-0.25, -0.2) is 8.42 Å². The first-order valence-electron chi connectivity index (χ1n) is 6.49. The molecule has 0 atom stereocenters. The first-order valence-corrected chi connectivity index (χ1v) is 8.52. The number of nitrogens with zero attached hydrogens (tertiary/aromatic N) is 1. The minimum atomic E-state index is -3.31. The van der Waals surface area contributed by atoms with Gasteiger partial charge in [0.2, 0.25) is 0 Å². The fraction of sp³-hybridized carbons (Fsp3) is 0.538. The van der Waals surface area contributed by atoms with Crippen LogP contribution in [0.1, 0.15) is 19.3 Å². The highest BCUT2D eigenvalue weighted by Gasteiger charge is 2.19. The number of nitrogens with two attached hydrogens (primary N) is 1. The van der Waals surface area contributed by atoms with E-state index in [2.05, 4.69) is 4.90 Å². The Kier molecular flexibility index (Phi) is 4.71. The van der Waals surface area contributed by atoms with Gasteiger partial charge >= 0.3 is 0 Å². The van der Waals surface area contributed by atoms with Crippen molar-refractivity contribution in [3.63, 3.8) is 0 Å². The second kappa shape index (κ2) is 6.11. The Bertz CT molecular complexity index is 540. The highest BCUT2D eigenvalue weighted by molar-refractivity contribution is 7.91. The van der Waals surface area contributed by atoms with E-state index in [-0.39, 0.29) is 16.3 Å². The zero-order valence-corrected chi connectivity index (χ0v) is 12.4. The number of benzene rings is 1. The lowest BCUT2D eigenvalue weighted by Crippen LogP contribution is -2.22. The molecule has 6 heteroatoms. The van der Waals surface area contributed by atoms with Crippen molar-refractivity contribution >= 4 is 27.1 Å². The zero-order valence-electron chi connectivity index (χ0n) is 10.8. The van der Waals surface area contributed by atoms with Crippen LogP contribution in [0.25, 0.3) is 0 Å². The summed E-state index contributed by atoms with van der Waals surface area (Å²) < 4.78 is 24.4. The summed E-state index contributed by atoms with van der Waals surface area (Å²) in [6.07, 6.45) is 3.08. The van der Waals surface area contributed by atoms with Crippen LogP contribution in [0.3, 0.4) is 0 Å². The summed E-state index contributed by atoms with van der Waals surface area (Å²) in [4.78, 5) is 2.50. The predicted molar refractivity (Wildman–Crippen MR) is 78.2 cm³/mol. The summed E-state index contributed by atoms with van der Waals surface area (Å²) >= 11 is 5.78. The Morgan fingerprint density at radius 3 is 2.58 bits per heavy atom. The minimum Gasteiger partial charge on any atom is -0.398 e. The smallest absolute Gasteiger partial charge is 0.180 e. The molecule has 1 aliphatic heterocycles. The molecule has 1 aliphatic rings. The lowest BCUT2D eigenvalue weighted by atomic mass is 10.3. The van der Waals surface area contributed by atoms with Crippen molar-refractivity contribution in [1.82, 2.24) is 4.90 Å². The maximum Gasteiger partial charge on any atom is 0.180 e. The van der Waals surface area contributed by atoms with Crippen LogP contribution in [-0.4, -0.2) is 38.7 Å². The average Bonchev–Trinajstić information content (AvgIpc) is 2.81. The van der Waals surface area contributed by atoms with Gasteiger partial charge in [-0.1, -0.05) is 11.6 Å². The van der Waals surface area contributed by atoms with Crippen molar-refractivity contribution in [3.8, 4) is 0 Å². The molecule has 4 nitrogen and oxygen atoms in total. The third-order valence-electron chi connectivity index (χ3n) is 3.39. The van der Waals surface area contributed by atoms with Crippen molar-refractivity contribution in [2.24, 2.45) is 0 Å². The first-order chi connectivity index (χ1) is 8.99. The van der Waals surface area contributed by atoms with E-state index in [1.54, 1.807) is 6.07 Å².